The normalized spacial score (nSPS) is 10.7. The second-order valence-electron chi connectivity index (χ2n) is 3.72. The van der Waals surface area contributed by atoms with Gasteiger partial charge in [0.05, 0.1) is 18.5 Å². The zero-order valence-electron chi connectivity index (χ0n) is 9.96. The van der Waals surface area contributed by atoms with E-state index < -0.39 is 0 Å². The Balaban J connectivity index is 1.85. The standard InChI is InChI=1S/C13H13N3O2/c1-10-7-11(16-9-15-10)8-14-13(17)5-4-12-3-2-6-18-12/h2-7,9H,8H2,1H3,(H,14,17)/b5-4+. The predicted molar refractivity (Wildman–Crippen MR) is 66.4 cm³/mol. The van der Waals surface area contributed by atoms with Crippen LogP contribution in [-0.2, 0) is 11.3 Å². The number of carbonyl (C=O) groups is 1. The molecule has 5 heteroatoms. The molecule has 0 spiro atoms. The van der Waals surface area contributed by atoms with Crippen LogP contribution in [0.4, 0.5) is 0 Å². The van der Waals surface area contributed by atoms with Crippen LogP contribution in [0.15, 0.2) is 41.3 Å². The molecule has 0 saturated heterocycles. The van der Waals surface area contributed by atoms with Crippen molar-refractivity contribution in [2.24, 2.45) is 0 Å². The van der Waals surface area contributed by atoms with Gasteiger partial charge in [-0.15, -0.1) is 0 Å². The number of nitrogens with one attached hydrogen (secondary N) is 1. The third-order valence-corrected chi connectivity index (χ3v) is 2.25. The molecular formula is C13H13N3O2. The molecule has 0 saturated carbocycles. The van der Waals surface area contributed by atoms with Crippen LogP contribution in [-0.4, -0.2) is 15.9 Å². The number of nitrogens with zero attached hydrogens (tertiary/aromatic N) is 2. The molecule has 0 radical (unpaired) electrons. The Bertz CT molecular complexity index is 547. The lowest BCUT2D eigenvalue weighted by Gasteiger charge is -2.01. The maximum absolute atomic E-state index is 11.5. The highest BCUT2D eigenvalue weighted by Gasteiger charge is 1.99. The summed E-state index contributed by atoms with van der Waals surface area (Å²) in [6.45, 7) is 2.26. The van der Waals surface area contributed by atoms with Gasteiger partial charge in [-0.25, -0.2) is 9.97 Å². The maximum atomic E-state index is 11.5. The Morgan fingerprint density at radius 3 is 3.11 bits per heavy atom. The van der Waals surface area contributed by atoms with Crippen LogP contribution in [0.1, 0.15) is 17.1 Å². The largest absolute Gasteiger partial charge is 0.465 e. The molecule has 0 aliphatic carbocycles. The zero-order chi connectivity index (χ0) is 12.8. The van der Waals surface area contributed by atoms with E-state index in [9.17, 15) is 4.79 Å². The van der Waals surface area contributed by atoms with Crippen molar-refractivity contribution < 1.29 is 9.21 Å². The molecule has 92 valence electrons. The fraction of sp³-hybridized carbons (Fsp3) is 0.154. The van der Waals surface area contributed by atoms with Gasteiger partial charge in [-0.2, -0.15) is 0 Å². The highest BCUT2D eigenvalue weighted by Crippen LogP contribution is 2.02. The third-order valence-electron chi connectivity index (χ3n) is 2.25. The molecule has 0 aliphatic heterocycles. The highest BCUT2D eigenvalue weighted by atomic mass is 16.3. The number of furan rings is 1. The molecule has 2 rings (SSSR count). The van der Waals surface area contributed by atoms with E-state index in [2.05, 4.69) is 15.3 Å². The van der Waals surface area contributed by atoms with E-state index in [0.717, 1.165) is 11.4 Å². The average Bonchev–Trinajstić information content (AvgIpc) is 2.87. The first-order valence-electron chi connectivity index (χ1n) is 5.51. The first-order chi connectivity index (χ1) is 8.74. The van der Waals surface area contributed by atoms with Gasteiger partial charge in [0, 0.05) is 11.8 Å². The van der Waals surface area contributed by atoms with Gasteiger partial charge >= 0.3 is 0 Å². The van der Waals surface area contributed by atoms with Crippen LogP contribution in [0.5, 0.6) is 0 Å². The van der Waals surface area contributed by atoms with Crippen molar-refractivity contribution >= 4 is 12.0 Å². The summed E-state index contributed by atoms with van der Waals surface area (Å²) >= 11 is 0. The van der Waals surface area contributed by atoms with Gasteiger partial charge in [-0.3, -0.25) is 4.79 Å². The van der Waals surface area contributed by atoms with E-state index in [1.165, 1.54) is 12.4 Å². The Labute approximate surface area is 105 Å². The van der Waals surface area contributed by atoms with Crippen LogP contribution in [0.3, 0.4) is 0 Å². The van der Waals surface area contributed by atoms with Crippen molar-refractivity contribution in [1.82, 2.24) is 15.3 Å². The van der Waals surface area contributed by atoms with Crippen LogP contribution < -0.4 is 5.32 Å². The Hall–Kier alpha value is -2.43. The topological polar surface area (TPSA) is 68.0 Å². The zero-order valence-corrected chi connectivity index (χ0v) is 9.96. The molecule has 5 nitrogen and oxygen atoms in total. The molecule has 0 aliphatic rings. The lowest BCUT2D eigenvalue weighted by atomic mass is 10.3. The van der Waals surface area contributed by atoms with Crippen molar-refractivity contribution in [3.05, 3.63) is 54.0 Å². The number of hydrogen-bond donors (Lipinski definition) is 1. The summed E-state index contributed by atoms with van der Waals surface area (Å²) in [5, 5.41) is 2.73. The molecular weight excluding hydrogens is 230 g/mol. The van der Waals surface area contributed by atoms with Gasteiger partial charge in [0.2, 0.25) is 5.91 Å². The fourth-order valence-electron chi connectivity index (χ4n) is 1.39. The van der Waals surface area contributed by atoms with Crippen LogP contribution in [0.2, 0.25) is 0 Å². The second-order valence-corrected chi connectivity index (χ2v) is 3.72. The number of rotatable bonds is 4. The van der Waals surface area contributed by atoms with Gasteiger partial charge in [-0.05, 0) is 31.2 Å². The SMILES string of the molecule is Cc1cc(CNC(=O)/C=C/c2ccco2)ncn1. The van der Waals surface area contributed by atoms with E-state index in [-0.39, 0.29) is 5.91 Å². The summed E-state index contributed by atoms with van der Waals surface area (Å²) in [7, 11) is 0. The van der Waals surface area contributed by atoms with Gasteiger partial charge in [0.25, 0.3) is 0 Å². The van der Waals surface area contributed by atoms with Gasteiger partial charge in [-0.1, -0.05) is 0 Å². The molecule has 1 amide bonds. The minimum atomic E-state index is -0.192. The van der Waals surface area contributed by atoms with Gasteiger partial charge in [0.1, 0.15) is 12.1 Å². The summed E-state index contributed by atoms with van der Waals surface area (Å²) in [5.41, 5.74) is 1.66. The van der Waals surface area contributed by atoms with Crippen LogP contribution in [0, 0.1) is 6.92 Å². The second kappa shape index (κ2) is 5.77. The van der Waals surface area contributed by atoms with E-state index in [1.807, 2.05) is 13.0 Å². The minimum Gasteiger partial charge on any atom is -0.465 e. The first kappa shape index (κ1) is 12.0. The fourth-order valence-corrected chi connectivity index (χ4v) is 1.39. The molecule has 0 fully saturated rings. The summed E-state index contributed by atoms with van der Waals surface area (Å²) in [5.74, 6) is 0.450. The monoisotopic (exact) mass is 243 g/mol. The highest BCUT2D eigenvalue weighted by molar-refractivity contribution is 5.91. The molecule has 2 aromatic rings. The lowest BCUT2D eigenvalue weighted by Crippen LogP contribution is -2.20. The number of hydrogen-bond acceptors (Lipinski definition) is 4. The molecule has 0 bridgehead atoms. The quantitative estimate of drug-likeness (QED) is 0.830. The van der Waals surface area contributed by atoms with E-state index in [0.29, 0.717) is 12.3 Å². The molecule has 0 atom stereocenters. The number of aryl methyl sites for hydroxylation is 1. The van der Waals surface area contributed by atoms with Gasteiger partial charge in [0.15, 0.2) is 0 Å². The van der Waals surface area contributed by atoms with E-state index in [4.69, 9.17) is 4.42 Å². The Morgan fingerprint density at radius 1 is 1.50 bits per heavy atom. The molecule has 0 aromatic carbocycles. The smallest absolute Gasteiger partial charge is 0.244 e. The van der Waals surface area contributed by atoms with Gasteiger partial charge < -0.3 is 9.73 Å². The molecule has 18 heavy (non-hydrogen) atoms. The van der Waals surface area contributed by atoms with Crippen molar-refractivity contribution in [2.75, 3.05) is 0 Å². The summed E-state index contributed by atoms with van der Waals surface area (Å²) < 4.78 is 5.07. The molecule has 1 N–H and O–H groups in total. The predicted octanol–water partition coefficient (Wildman–Crippen LogP) is 1.71. The molecule has 0 unspecified atom stereocenters. The number of aromatic nitrogens is 2. The average molecular weight is 243 g/mol. The Morgan fingerprint density at radius 2 is 2.39 bits per heavy atom. The van der Waals surface area contributed by atoms with Crippen molar-refractivity contribution in [2.45, 2.75) is 13.5 Å². The minimum absolute atomic E-state index is 0.192. The van der Waals surface area contributed by atoms with Crippen LogP contribution >= 0.6 is 0 Å². The molecule has 2 heterocycles. The third kappa shape index (κ3) is 3.55. The number of amides is 1. The van der Waals surface area contributed by atoms with E-state index in [1.54, 1.807) is 24.5 Å². The summed E-state index contributed by atoms with van der Waals surface area (Å²) in [4.78, 5) is 19.6. The first-order valence-corrected chi connectivity index (χ1v) is 5.51. The Kier molecular flexibility index (Phi) is 3.86. The van der Waals surface area contributed by atoms with Crippen molar-refractivity contribution in [3.8, 4) is 0 Å². The summed E-state index contributed by atoms with van der Waals surface area (Å²) in [6.07, 6.45) is 6.07. The van der Waals surface area contributed by atoms with Crippen molar-refractivity contribution in [1.29, 1.82) is 0 Å². The van der Waals surface area contributed by atoms with Crippen LogP contribution in [0.25, 0.3) is 6.08 Å². The summed E-state index contributed by atoms with van der Waals surface area (Å²) in [6, 6.07) is 5.37. The maximum Gasteiger partial charge on any atom is 0.244 e. The van der Waals surface area contributed by atoms with Crippen molar-refractivity contribution in [3.63, 3.8) is 0 Å². The number of carbonyl (C=O) groups excluding carboxylic acids is 1. The lowest BCUT2D eigenvalue weighted by molar-refractivity contribution is -0.116. The van der Waals surface area contributed by atoms with E-state index >= 15 is 0 Å². The molecule has 2 aromatic heterocycles.